The van der Waals surface area contributed by atoms with Gasteiger partial charge in [-0.2, -0.15) is 5.10 Å². The first-order valence-corrected chi connectivity index (χ1v) is 9.00. The molecule has 0 aromatic carbocycles. The number of thiazole rings is 1. The summed E-state index contributed by atoms with van der Waals surface area (Å²) in [6.45, 7) is 7.34. The summed E-state index contributed by atoms with van der Waals surface area (Å²) >= 11 is 1.57. The molecule has 3 heterocycles. The molecule has 2 aromatic rings. The zero-order valence-corrected chi connectivity index (χ0v) is 15.0. The maximum atomic E-state index is 12.9. The van der Waals surface area contributed by atoms with Gasteiger partial charge >= 0.3 is 0 Å². The maximum absolute atomic E-state index is 12.9. The molecule has 0 atom stereocenters. The van der Waals surface area contributed by atoms with E-state index in [9.17, 15) is 4.79 Å². The van der Waals surface area contributed by atoms with Crippen LogP contribution in [0.5, 0.6) is 0 Å². The van der Waals surface area contributed by atoms with E-state index in [-0.39, 0.29) is 5.91 Å². The second-order valence-electron chi connectivity index (χ2n) is 5.90. The summed E-state index contributed by atoms with van der Waals surface area (Å²) in [4.78, 5) is 21.4. The fourth-order valence-corrected chi connectivity index (χ4v) is 3.29. The number of nitrogens with zero attached hydrogens (tertiary/aromatic N) is 5. The molecule has 0 unspecified atom stereocenters. The third kappa shape index (κ3) is 4.19. The Hall–Kier alpha value is -1.77. The molecule has 0 saturated carbocycles. The lowest BCUT2D eigenvalue weighted by Gasteiger charge is -2.29. The first kappa shape index (κ1) is 17.1. The van der Waals surface area contributed by atoms with E-state index in [0.29, 0.717) is 18.8 Å². The number of rotatable bonds is 6. The molecule has 0 N–H and O–H groups in total. The van der Waals surface area contributed by atoms with E-state index in [1.54, 1.807) is 22.2 Å². The Bertz CT molecular complexity index is 645. The molecule has 1 saturated heterocycles. The number of morpholine rings is 1. The monoisotopic (exact) mass is 349 g/mol. The average Bonchev–Trinajstić information content (AvgIpc) is 3.22. The van der Waals surface area contributed by atoms with Crippen LogP contribution in [-0.4, -0.2) is 69.9 Å². The first-order valence-electron chi connectivity index (χ1n) is 8.12. The molecule has 0 spiro atoms. The van der Waals surface area contributed by atoms with Crippen LogP contribution in [0.3, 0.4) is 0 Å². The number of amides is 1. The summed E-state index contributed by atoms with van der Waals surface area (Å²) in [5.41, 5.74) is 1.47. The van der Waals surface area contributed by atoms with E-state index in [4.69, 9.17) is 4.74 Å². The van der Waals surface area contributed by atoms with Crippen molar-refractivity contribution in [2.75, 3.05) is 39.4 Å². The van der Waals surface area contributed by atoms with E-state index in [0.717, 1.165) is 43.5 Å². The van der Waals surface area contributed by atoms with E-state index in [1.165, 1.54) is 0 Å². The smallest absolute Gasteiger partial charge is 0.274 e. The van der Waals surface area contributed by atoms with Crippen molar-refractivity contribution in [3.05, 3.63) is 34.0 Å². The van der Waals surface area contributed by atoms with Crippen molar-refractivity contribution in [1.29, 1.82) is 0 Å². The lowest BCUT2D eigenvalue weighted by molar-refractivity contribution is 0.0319. The molecule has 7 nitrogen and oxygen atoms in total. The van der Waals surface area contributed by atoms with Gasteiger partial charge in [-0.3, -0.25) is 14.4 Å². The van der Waals surface area contributed by atoms with Crippen molar-refractivity contribution in [3.63, 3.8) is 0 Å². The molecular formula is C16H23N5O2S. The number of hydrogen-bond donors (Lipinski definition) is 0. The minimum Gasteiger partial charge on any atom is -0.379 e. The Morgan fingerprint density at radius 1 is 1.42 bits per heavy atom. The van der Waals surface area contributed by atoms with Gasteiger partial charge in [0.15, 0.2) is 5.69 Å². The van der Waals surface area contributed by atoms with E-state index in [1.807, 2.05) is 30.3 Å². The minimum absolute atomic E-state index is 0.0397. The van der Waals surface area contributed by atoms with Crippen molar-refractivity contribution < 1.29 is 9.53 Å². The second kappa shape index (κ2) is 7.87. The van der Waals surface area contributed by atoms with Crippen LogP contribution >= 0.6 is 11.3 Å². The number of aryl methyl sites for hydroxylation is 2. The van der Waals surface area contributed by atoms with Crippen LogP contribution in [0.25, 0.3) is 0 Å². The predicted octanol–water partition coefficient (Wildman–Crippen LogP) is 1.16. The van der Waals surface area contributed by atoms with Crippen LogP contribution in [-0.2, 0) is 18.3 Å². The fraction of sp³-hybridized carbons (Fsp3) is 0.562. The molecular weight excluding hydrogens is 326 g/mol. The minimum atomic E-state index is -0.0397. The zero-order valence-electron chi connectivity index (χ0n) is 14.1. The normalized spacial score (nSPS) is 15.6. The SMILES string of the molecule is Cc1cc(C(=O)N(CCN2CCOCC2)Cc2nccs2)nn1C. The number of aromatic nitrogens is 3. The van der Waals surface area contributed by atoms with Gasteiger partial charge in [0.25, 0.3) is 5.91 Å². The summed E-state index contributed by atoms with van der Waals surface area (Å²) in [6, 6.07) is 1.84. The van der Waals surface area contributed by atoms with E-state index in [2.05, 4.69) is 15.0 Å². The Kier molecular flexibility index (Phi) is 5.60. The third-order valence-corrected chi connectivity index (χ3v) is 4.98. The number of carbonyl (C=O) groups excluding carboxylic acids is 1. The highest BCUT2D eigenvalue weighted by molar-refractivity contribution is 7.09. The lowest BCUT2D eigenvalue weighted by Crippen LogP contribution is -2.43. The highest BCUT2D eigenvalue weighted by Crippen LogP contribution is 2.13. The molecule has 1 fully saturated rings. The zero-order chi connectivity index (χ0) is 16.9. The van der Waals surface area contributed by atoms with Crippen LogP contribution in [0.15, 0.2) is 17.6 Å². The summed E-state index contributed by atoms with van der Waals surface area (Å²) in [6.07, 6.45) is 1.77. The maximum Gasteiger partial charge on any atom is 0.274 e. The topological polar surface area (TPSA) is 63.5 Å². The van der Waals surface area contributed by atoms with Crippen LogP contribution in [0.1, 0.15) is 21.2 Å². The highest BCUT2D eigenvalue weighted by Gasteiger charge is 2.21. The summed E-state index contributed by atoms with van der Waals surface area (Å²) < 4.78 is 7.11. The van der Waals surface area contributed by atoms with Crippen LogP contribution in [0.2, 0.25) is 0 Å². The molecule has 1 aliphatic rings. The van der Waals surface area contributed by atoms with Crippen molar-refractivity contribution in [3.8, 4) is 0 Å². The largest absolute Gasteiger partial charge is 0.379 e. The molecule has 24 heavy (non-hydrogen) atoms. The van der Waals surface area contributed by atoms with Crippen LogP contribution < -0.4 is 0 Å². The Morgan fingerprint density at radius 2 is 2.21 bits per heavy atom. The van der Waals surface area contributed by atoms with Crippen LogP contribution in [0, 0.1) is 6.92 Å². The Morgan fingerprint density at radius 3 is 2.83 bits per heavy atom. The Labute approximate surface area is 145 Å². The van der Waals surface area contributed by atoms with Gasteiger partial charge in [0.1, 0.15) is 5.01 Å². The molecule has 2 aromatic heterocycles. The number of carbonyl (C=O) groups is 1. The van der Waals surface area contributed by atoms with E-state index >= 15 is 0 Å². The lowest BCUT2D eigenvalue weighted by atomic mass is 10.3. The number of ether oxygens (including phenoxy) is 1. The van der Waals surface area contributed by atoms with Crippen molar-refractivity contribution >= 4 is 17.2 Å². The van der Waals surface area contributed by atoms with Gasteiger partial charge in [0.05, 0.1) is 19.8 Å². The van der Waals surface area contributed by atoms with Crippen molar-refractivity contribution in [2.45, 2.75) is 13.5 Å². The number of hydrogen-bond acceptors (Lipinski definition) is 6. The van der Waals surface area contributed by atoms with Gasteiger partial charge in [-0.05, 0) is 13.0 Å². The standard InChI is InChI=1S/C16H23N5O2S/c1-13-11-14(18-19(13)2)16(22)21(12-15-17-3-10-24-15)5-4-20-6-8-23-9-7-20/h3,10-11H,4-9,12H2,1-2H3. The highest BCUT2D eigenvalue weighted by atomic mass is 32.1. The predicted molar refractivity (Wildman–Crippen MR) is 92.1 cm³/mol. The summed E-state index contributed by atoms with van der Waals surface area (Å²) in [5, 5.41) is 7.21. The third-order valence-electron chi connectivity index (χ3n) is 4.22. The Balaban J connectivity index is 1.69. The van der Waals surface area contributed by atoms with Gasteiger partial charge < -0.3 is 9.64 Å². The first-order chi connectivity index (χ1) is 11.6. The van der Waals surface area contributed by atoms with Gasteiger partial charge in [-0.15, -0.1) is 11.3 Å². The van der Waals surface area contributed by atoms with Gasteiger partial charge in [-0.25, -0.2) is 4.98 Å². The molecule has 0 radical (unpaired) electrons. The molecule has 8 heteroatoms. The van der Waals surface area contributed by atoms with Gasteiger partial charge in [0.2, 0.25) is 0 Å². The van der Waals surface area contributed by atoms with Gasteiger partial charge in [-0.1, -0.05) is 0 Å². The molecule has 0 aliphatic carbocycles. The van der Waals surface area contributed by atoms with Crippen LogP contribution in [0.4, 0.5) is 0 Å². The molecule has 1 aliphatic heterocycles. The molecule has 0 bridgehead atoms. The molecule has 130 valence electrons. The summed E-state index contributed by atoms with van der Waals surface area (Å²) in [7, 11) is 1.85. The molecule has 3 rings (SSSR count). The van der Waals surface area contributed by atoms with Crippen molar-refractivity contribution in [1.82, 2.24) is 24.6 Å². The average molecular weight is 349 g/mol. The summed E-state index contributed by atoms with van der Waals surface area (Å²) in [5.74, 6) is -0.0397. The van der Waals surface area contributed by atoms with Gasteiger partial charge in [0, 0.05) is 50.5 Å². The van der Waals surface area contributed by atoms with Crippen molar-refractivity contribution in [2.24, 2.45) is 7.05 Å². The molecule has 1 amide bonds. The second-order valence-corrected chi connectivity index (χ2v) is 6.88. The van der Waals surface area contributed by atoms with E-state index < -0.39 is 0 Å². The quantitative estimate of drug-likeness (QED) is 0.783. The fourth-order valence-electron chi connectivity index (χ4n) is 2.66.